The smallest absolute Gasteiger partial charge is 0.258 e. The Morgan fingerprint density at radius 2 is 1.63 bits per heavy atom. The van der Waals surface area contributed by atoms with E-state index in [9.17, 15) is 9.59 Å². The van der Waals surface area contributed by atoms with Crippen molar-refractivity contribution < 1.29 is 28.5 Å². The molecule has 1 unspecified atom stereocenters. The van der Waals surface area contributed by atoms with Gasteiger partial charge < -0.3 is 18.9 Å². The number of aliphatic imine (C=N–C) groups is 1. The molecule has 1 heterocycles. The van der Waals surface area contributed by atoms with Gasteiger partial charge in [-0.25, -0.2) is 4.99 Å². The summed E-state index contributed by atoms with van der Waals surface area (Å²) in [7, 11) is 6.08. The molecule has 158 valence electrons. The zero-order valence-corrected chi connectivity index (χ0v) is 17.1. The number of guanidine groups is 1. The first kappa shape index (κ1) is 21.0. The second kappa shape index (κ2) is 9.17. The number of hydrogen-bond acceptors (Lipinski definition) is 7. The van der Waals surface area contributed by atoms with E-state index in [4.69, 9.17) is 18.9 Å². The molecule has 9 heteroatoms. The van der Waals surface area contributed by atoms with Gasteiger partial charge in [0.05, 0.1) is 40.9 Å². The molecule has 30 heavy (non-hydrogen) atoms. The van der Waals surface area contributed by atoms with E-state index in [1.165, 1.54) is 21.3 Å². The Labute approximate surface area is 174 Å². The highest BCUT2D eigenvalue weighted by Gasteiger charge is 2.26. The van der Waals surface area contributed by atoms with Gasteiger partial charge in [-0.05, 0) is 30.3 Å². The van der Waals surface area contributed by atoms with Gasteiger partial charge in [-0.3, -0.25) is 20.2 Å². The van der Waals surface area contributed by atoms with Crippen LogP contribution in [0.3, 0.4) is 0 Å². The quantitative estimate of drug-likeness (QED) is 0.751. The Hall–Kier alpha value is -3.75. The van der Waals surface area contributed by atoms with E-state index in [2.05, 4.69) is 15.6 Å². The summed E-state index contributed by atoms with van der Waals surface area (Å²) in [6.07, 6.45) is 0.107. The Morgan fingerprint density at radius 1 is 0.967 bits per heavy atom. The predicted octanol–water partition coefficient (Wildman–Crippen LogP) is 2.07. The van der Waals surface area contributed by atoms with Gasteiger partial charge in [0.15, 0.2) is 0 Å². The maximum absolute atomic E-state index is 12.7. The molecule has 1 atom stereocenters. The third kappa shape index (κ3) is 4.62. The van der Waals surface area contributed by atoms with Crippen molar-refractivity contribution in [2.45, 2.75) is 12.5 Å². The third-order valence-electron chi connectivity index (χ3n) is 4.56. The van der Waals surface area contributed by atoms with Crippen LogP contribution < -0.4 is 29.6 Å². The summed E-state index contributed by atoms with van der Waals surface area (Å²) in [6.45, 7) is 0. The van der Waals surface area contributed by atoms with Crippen LogP contribution in [0.4, 0.5) is 0 Å². The van der Waals surface area contributed by atoms with Crippen molar-refractivity contribution in [2.24, 2.45) is 4.99 Å². The number of amides is 2. The molecule has 3 rings (SSSR count). The van der Waals surface area contributed by atoms with E-state index in [0.717, 1.165) is 0 Å². The molecular formula is C21H23N3O6. The summed E-state index contributed by atoms with van der Waals surface area (Å²) >= 11 is 0. The lowest BCUT2D eigenvalue weighted by Crippen LogP contribution is -2.47. The van der Waals surface area contributed by atoms with Crippen LogP contribution in [0, 0.1) is 0 Å². The van der Waals surface area contributed by atoms with Gasteiger partial charge in [-0.15, -0.1) is 0 Å². The molecule has 0 spiro atoms. The van der Waals surface area contributed by atoms with E-state index in [1.54, 1.807) is 43.5 Å². The number of hydrogen-bond donors (Lipinski definition) is 2. The molecule has 0 aromatic heterocycles. The zero-order chi connectivity index (χ0) is 21.7. The number of methoxy groups -OCH3 is 4. The summed E-state index contributed by atoms with van der Waals surface area (Å²) in [4.78, 5) is 29.5. The van der Waals surface area contributed by atoms with Crippen molar-refractivity contribution >= 4 is 17.8 Å². The zero-order valence-electron chi connectivity index (χ0n) is 17.1. The van der Waals surface area contributed by atoms with Crippen molar-refractivity contribution in [3.8, 4) is 23.0 Å². The lowest BCUT2D eigenvalue weighted by atomic mass is 10.0. The maximum Gasteiger partial charge on any atom is 0.258 e. The van der Waals surface area contributed by atoms with Gasteiger partial charge in [0.2, 0.25) is 11.9 Å². The van der Waals surface area contributed by atoms with E-state index < -0.39 is 11.9 Å². The van der Waals surface area contributed by atoms with Gasteiger partial charge in [-0.1, -0.05) is 0 Å². The fourth-order valence-corrected chi connectivity index (χ4v) is 3.05. The Morgan fingerprint density at radius 3 is 2.23 bits per heavy atom. The molecule has 2 aromatic carbocycles. The highest BCUT2D eigenvalue weighted by atomic mass is 16.5. The number of ether oxygens (including phenoxy) is 4. The number of rotatable bonds is 6. The number of carbonyl (C=O) groups excluding carboxylic acids is 2. The topological polar surface area (TPSA) is 107 Å². The number of benzene rings is 2. The first-order chi connectivity index (χ1) is 14.5. The Bertz CT molecular complexity index is 966. The van der Waals surface area contributed by atoms with Crippen LogP contribution in [0.5, 0.6) is 23.0 Å². The second-order valence-electron chi connectivity index (χ2n) is 6.41. The number of nitrogens with zero attached hydrogens (tertiary/aromatic N) is 1. The Kier molecular flexibility index (Phi) is 6.41. The third-order valence-corrected chi connectivity index (χ3v) is 4.56. The molecule has 0 fully saturated rings. The first-order valence-corrected chi connectivity index (χ1v) is 9.11. The van der Waals surface area contributed by atoms with Crippen LogP contribution in [0.15, 0.2) is 41.4 Å². The van der Waals surface area contributed by atoms with E-state index in [1.807, 2.05) is 0 Å². The molecule has 0 aliphatic carbocycles. The highest BCUT2D eigenvalue weighted by molar-refractivity contribution is 6.10. The fraction of sp³-hybridized carbons (Fsp3) is 0.286. The SMILES string of the molecule is COc1cc(OC)cc(C(=O)NC2=NC(c3cc(OC)ccc3OC)CC(=O)N2)c1. The molecule has 2 amide bonds. The van der Waals surface area contributed by atoms with E-state index in [0.29, 0.717) is 34.1 Å². The average molecular weight is 413 g/mol. The largest absolute Gasteiger partial charge is 0.497 e. The monoisotopic (exact) mass is 413 g/mol. The van der Waals surface area contributed by atoms with Crippen molar-refractivity contribution in [2.75, 3.05) is 28.4 Å². The maximum atomic E-state index is 12.7. The summed E-state index contributed by atoms with van der Waals surface area (Å²) in [6, 6.07) is 9.50. The van der Waals surface area contributed by atoms with Crippen LogP contribution in [-0.2, 0) is 4.79 Å². The van der Waals surface area contributed by atoms with Crippen LogP contribution in [0.1, 0.15) is 28.4 Å². The van der Waals surface area contributed by atoms with Crippen molar-refractivity contribution in [3.63, 3.8) is 0 Å². The molecule has 0 radical (unpaired) electrons. The summed E-state index contributed by atoms with van der Waals surface area (Å²) in [5.41, 5.74) is 0.978. The van der Waals surface area contributed by atoms with Crippen LogP contribution >= 0.6 is 0 Å². The second-order valence-corrected chi connectivity index (χ2v) is 6.41. The minimum absolute atomic E-state index is 0.0490. The summed E-state index contributed by atoms with van der Waals surface area (Å²) < 4.78 is 21.0. The minimum atomic E-state index is -0.543. The van der Waals surface area contributed by atoms with Gasteiger partial charge in [0, 0.05) is 17.2 Å². The molecule has 9 nitrogen and oxygen atoms in total. The minimum Gasteiger partial charge on any atom is -0.497 e. The standard InChI is InChI=1S/C21H23N3O6/c1-27-13-5-6-18(30-4)16(10-13)17-11-19(25)23-21(22-17)24-20(26)12-7-14(28-2)9-15(8-12)29-3/h5-10,17H,11H2,1-4H3,(H2,22,23,24,25,26). The number of nitrogens with one attached hydrogen (secondary N) is 2. The molecule has 0 saturated carbocycles. The van der Waals surface area contributed by atoms with Crippen LogP contribution in [0.25, 0.3) is 0 Å². The van der Waals surface area contributed by atoms with Crippen LogP contribution in [-0.4, -0.2) is 46.2 Å². The molecule has 1 aliphatic heterocycles. The van der Waals surface area contributed by atoms with Gasteiger partial charge in [-0.2, -0.15) is 0 Å². The van der Waals surface area contributed by atoms with Crippen molar-refractivity contribution in [1.29, 1.82) is 0 Å². The highest BCUT2D eigenvalue weighted by Crippen LogP contribution is 2.34. The summed E-state index contributed by atoms with van der Waals surface area (Å²) in [5, 5.41) is 5.21. The molecule has 0 saturated heterocycles. The fourth-order valence-electron chi connectivity index (χ4n) is 3.05. The van der Waals surface area contributed by atoms with E-state index >= 15 is 0 Å². The lowest BCUT2D eigenvalue weighted by molar-refractivity contribution is -0.120. The average Bonchev–Trinajstić information content (AvgIpc) is 2.77. The summed E-state index contributed by atoms with van der Waals surface area (Å²) in [5.74, 6) is 1.42. The number of carbonyl (C=O) groups is 2. The lowest BCUT2D eigenvalue weighted by Gasteiger charge is -2.23. The molecule has 2 N–H and O–H groups in total. The van der Waals surface area contributed by atoms with Crippen molar-refractivity contribution in [3.05, 3.63) is 47.5 Å². The molecule has 0 bridgehead atoms. The Balaban J connectivity index is 1.89. The van der Waals surface area contributed by atoms with Gasteiger partial charge >= 0.3 is 0 Å². The van der Waals surface area contributed by atoms with E-state index in [-0.39, 0.29) is 18.3 Å². The molecule has 1 aliphatic rings. The molecular weight excluding hydrogens is 390 g/mol. The predicted molar refractivity (Wildman–Crippen MR) is 109 cm³/mol. The van der Waals surface area contributed by atoms with Gasteiger partial charge in [0.1, 0.15) is 23.0 Å². The normalized spacial score (nSPS) is 15.5. The van der Waals surface area contributed by atoms with Crippen LogP contribution in [0.2, 0.25) is 0 Å². The molecule has 2 aromatic rings. The van der Waals surface area contributed by atoms with Gasteiger partial charge in [0.25, 0.3) is 5.91 Å². The first-order valence-electron chi connectivity index (χ1n) is 9.11. The van der Waals surface area contributed by atoms with Crippen molar-refractivity contribution in [1.82, 2.24) is 10.6 Å².